The normalized spacial score (nSPS) is 16.5. The lowest BCUT2D eigenvalue weighted by Gasteiger charge is -2.24. The van der Waals surface area contributed by atoms with Gasteiger partial charge in [0, 0.05) is 29.0 Å². The number of hydrogen-bond acceptors (Lipinski definition) is 4. The summed E-state index contributed by atoms with van der Waals surface area (Å²) in [6.07, 6.45) is 2.13. The van der Waals surface area contributed by atoms with Crippen LogP contribution in [0.1, 0.15) is 29.4 Å². The van der Waals surface area contributed by atoms with Crippen molar-refractivity contribution < 1.29 is 9.21 Å². The number of amides is 1. The average molecular weight is 344 g/mol. The number of hydrogen-bond donors (Lipinski definition) is 2. The van der Waals surface area contributed by atoms with Crippen molar-refractivity contribution in [1.82, 2.24) is 15.2 Å². The van der Waals surface area contributed by atoms with E-state index >= 15 is 0 Å². The minimum absolute atomic E-state index is 0.0231. The van der Waals surface area contributed by atoms with E-state index in [4.69, 9.17) is 9.40 Å². The molecule has 2 aromatic carbocycles. The van der Waals surface area contributed by atoms with Crippen molar-refractivity contribution in [1.29, 1.82) is 0 Å². The van der Waals surface area contributed by atoms with Crippen LogP contribution in [0.3, 0.4) is 0 Å². The number of anilines is 1. The zero-order chi connectivity index (χ0) is 17.7. The fourth-order valence-electron chi connectivity index (χ4n) is 3.58. The summed E-state index contributed by atoms with van der Waals surface area (Å²) in [5, 5.41) is 11.0. The van der Waals surface area contributed by atoms with Gasteiger partial charge in [-0.2, -0.15) is 5.10 Å². The molecule has 0 unspecified atom stereocenters. The van der Waals surface area contributed by atoms with E-state index in [1.165, 1.54) is 0 Å². The molecule has 2 aromatic heterocycles. The van der Waals surface area contributed by atoms with Gasteiger partial charge in [0.15, 0.2) is 0 Å². The number of carbonyl (C=O) groups is 1. The topological polar surface area (TPSA) is 83.8 Å². The monoisotopic (exact) mass is 344 g/mol. The highest BCUT2D eigenvalue weighted by Crippen LogP contribution is 2.40. The first-order valence-electron chi connectivity index (χ1n) is 8.48. The van der Waals surface area contributed by atoms with Crippen LogP contribution >= 0.6 is 0 Å². The summed E-state index contributed by atoms with van der Waals surface area (Å²) in [4.78, 5) is 17.0. The van der Waals surface area contributed by atoms with Crippen molar-refractivity contribution in [2.45, 2.75) is 19.3 Å². The fraction of sp³-hybridized carbons (Fsp3) is 0.150. The molecule has 0 bridgehead atoms. The molecule has 1 atom stereocenters. The Kier molecular flexibility index (Phi) is 3.18. The molecule has 0 spiro atoms. The number of rotatable bonds is 2. The Balaban J connectivity index is 1.65. The maximum absolute atomic E-state index is 12.3. The van der Waals surface area contributed by atoms with Crippen LogP contribution in [-0.4, -0.2) is 21.1 Å². The molecule has 0 radical (unpaired) electrons. The molecule has 1 aliphatic rings. The third-order valence-corrected chi connectivity index (χ3v) is 4.83. The molecule has 0 saturated carbocycles. The molecular weight excluding hydrogens is 328 g/mol. The molecule has 26 heavy (non-hydrogen) atoms. The maximum atomic E-state index is 12.3. The largest absolute Gasteiger partial charge is 0.441 e. The molecule has 2 N–H and O–H groups in total. The van der Waals surface area contributed by atoms with Gasteiger partial charge in [-0.1, -0.05) is 18.2 Å². The van der Waals surface area contributed by atoms with E-state index in [0.717, 1.165) is 39.2 Å². The van der Waals surface area contributed by atoms with Crippen LogP contribution in [0.25, 0.3) is 22.4 Å². The lowest BCUT2D eigenvalue weighted by molar-refractivity contribution is -0.116. The molecule has 4 aromatic rings. The van der Waals surface area contributed by atoms with Crippen LogP contribution in [0.4, 0.5) is 5.69 Å². The number of nitrogens with zero attached hydrogens (tertiary/aromatic N) is 2. The molecule has 1 aliphatic heterocycles. The van der Waals surface area contributed by atoms with Gasteiger partial charge >= 0.3 is 0 Å². The van der Waals surface area contributed by atoms with Crippen molar-refractivity contribution >= 4 is 22.5 Å². The molecule has 0 saturated heterocycles. The van der Waals surface area contributed by atoms with Crippen molar-refractivity contribution in [3.63, 3.8) is 0 Å². The summed E-state index contributed by atoms with van der Waals surface area (Å²) >= 11 is 0. The van der Waals surface area contributed by atoms with E-state index in [0.29, 0.717) is 12.3 Å². The van der Waals surface area contributed by atoms with Crippen molar-refractivity contribution in [3.05, 3.63) is 65.7 Å². The van der Waals surface area contributed by atoms with Crippen molar-refractivity contribution in [2.75, 3.05) is 5.32 Å². The summed E-state index contributed by atoms with van der Waals surface area (Å²) in [5.74, 6) is 1.15. The van der Waals surface area contributed by atoms with Gasteiger partial charge in [0.2, 0.25) is 11.8 Å². The smallest absolute Gasteiger partial charge is 0.226 e. The number of fused-ring (bicyclic) bond motifs is 2. The van der Waals surface area contributed by atoms with Gasteiger partial charge in [0.25, 0.3) is 0 Å². The summed E-state index contributed by atoms with van der Waals surface area (Å²) in [7, 11) is 0. The number of aromatic amines is 1. The highest BCUT2D eigenvalue weighted by Gasteiger charge is 2.31. The van der Waals surface area contributed by atoms with Gasteiger partial charge in [0.1, 0.15) is 5.76 Å². The predicted molar refractivity (Wildman–Crippen MR) is 97.9 cm³/mol. The summed E-state index contributed by atoms with van der Waals surface area (Å²) in [6, 6.07) is 13.8. The number of oxazole rings is 1. The lowest BCUT2D eigenvalue weighted by atomic mass is 9.86. The first kappa shape index (κ1) is 14.9. The van der Waals surface area contributed by atoms with E-state index in [2.05, 4.69) is 21.6 Å². The molecule has 128 valence electrons. The second-order valence-corrected chi connectivity index (χ2v) is 6.53. The van der Waals surface area contributed by atoms with Gasteiger partial charge in [-0.25, -0.2) is 4.98 Å². The first-order valence-corrected chi connectivity index (χ1v) is 8.48. The van der Waals surface area contributed by atoms with Crippen LogP contribution < -0.4 is 5.32 Å². The number of benzene rings is 2. The second kappa shape index (κ2) is 5.56. The van der Waals surface area contributed by atoms with Gasteiger partial charge < -0.3 is 9.73 Å². The van der Waals surface area contributed by atoms with Crippen LogP contribution in [0.2, 0.25) is 0 Å². The summed E-state index contributed by atoms with van der Waals surface area (Å²) in [6.45, 7) is 1.90. The number of carbonyl (C=O) groups excluding carboxylic acids is 1. The molecule has 1 amide bonds. The van der Waals surface area contributed by atoms with Crippen LogP contribution in [-0.2, 0) is 4.79 Å². The molecule has 0 fully saturated rings. The van der Waals surface area contributed by atoms with Crippen molar-refractivity contribution in [2.24, 2.45) is 0 Å². The standard InChI is InChI=1S/C20H16N4O2/c1-11-19(23-20(26-11)12-5-3-2-4-6-12)15-8-18(25)22-17-9-16-13(7-14(15)17)10-21-24-16/h2-7,9-10,15H,8H2,1H3,(H,21,24)(H,22,25)/t15-/m1/s1. The third-order valence-electron chi connectivity index (χ3n) is 4.83. The molecule has 0 aliphatic carbocycles. The summed E-state index contributed by atoms with van der Waals surface area (Å²) < 4.78 is 5.92. The summed E-state index contributed by atoms with van der Waals surface area (Å²) in [5.41, 5.74) is 4.46. The molecule has 3 heterocycles. The number of nitrogens with one attached hydrogen (secondary N) is 2. The average Bonchev–Trinajstić information content (AvgIpc) is 3.26. The van der Waals surface area contributed by atoms with Gasteiger partial charge in [0.05, 0.1) is 17.4 Å². The minimum Gasteiger partial charge on any atom is -0.441 e. The van der Waals surface area contributed by atoms with Crippen LogP contribution in [0.5, 0.6) is 0 Å². The number of aryl methyl sites for hydroxylation is 1. The fourth-order valence-corrected chi connectivity index (χ4v) is 3.58. The van der Waals surface area contributed by atoms with Gasteiger partial charge in [-0.3, -0.25) is 9.89 Å². The van der Waals surface area contributed by atoms with E-state index in [9.17, 15) is 4.79 Å². The third kappa shape index (κ3) is 2.30. The molecule has 6 heteroatoms. The Bertz CT molecular complexity index is 1130. The lowest BCUT2D eigenvalue weighted by Crippen LogP contribution is -2.24. The Labute approximate surface area is 149 Å². The van der Waals surface area contributed by atoms with Crippen LogP contribution in [0.15, 0.2) is 53.1 Å². The number of aromatic nitrogens is 3. The maximum Gasteiger partial charge on any atom is 0.226 e. The molecule has 5 rings (SSSR count). The Hall–Kier alpha value is -3.41. The zero-order valence-electron chi connectivity index (χ0n) is 14.1. The quantitative estimate of drug-likeness (QED) is 0.576. The highest BCUT2D eigenvalue weighted by atomic mass is 16.4. The second-order valence-electron chi connectivity index (χ2n) is 6.53. The van der Waals surface area contributed by atoms with Crippen molar-refractivity contribution in [3.8, 4) is 11.5 Å². The van der Waals surface area contributed by atoms with E-state index in [1.54, 1.807) is 6.20 Å². The van der Waals surface area contributed by atoms with E-state index in [-0.39, 0.29) is 11.8 Å². The predicted octanol–water partition coefficient (Wildman–Crippen LogP) is 4.00. The minimum atomic E-state index is -0.140. The first-order chi connectivity index (χ1) is 12.7. The Morgan fingerprint density at radius 3 is 2.88 bits per heavy atom. The zero-order valence-corrected chi connectivity index (χ0v) is 14.1. The molecule has 6 nitrogen and oxygen atoms in total. The van der Waals surface area contributed by atoms with Crippen LogP contribution in [0, 0.1) is 6.92 Å². The van der Waals surface area contributed by atoms with Gasteiger partial charge in [-0.15, -0.1) is 0 Å². The highest BCUT2D eigenvalue weighted by molar-refractivity contribution is 5.98. The Morgan fingerprint density at radius 1 is 1.19 bits per heavy atom. The van der Waals surface area contributed by atoms with E-state index < -0.39 is 0 Å². The Morgan fingerprint density at radius 2 is 2.04 bits per heavy atom. The van der Waals surface area contributed by atoms with E-state index in [1.807, 2.05) is 43.3 Å². The molecular formula is C20H16N4O2. The number of H-pyrrole nitrogens is 1. The SMILES string of the molecule is Cc1oc(-c2ccccc2)nc1[C@@H]1CC(=O)Nc2cc3[nH]ncc3cc21. The van der Waals surface area contributed by atoms with Gasteiger partial charge in [-0.05, 0) is 36.8 Å².